The Bertz CT molecular complexity index is 821. The van der Waals surface area contributed by atoms with Crippen LogP contribution in [0.3, 0.4) is 0 Å². The van der Waals surface area contributed by atoms with Crippen molar-refractivity contribution >= 4 is 17.4 Å². The molecule has 0 saturated heterocycles. The third kappa shape index (κ3) is 3.21. The van der Waals surface area contributed by atoms with Gasteiger partial charge in [0, 0.05) is 42.5 Å². The van der Waals surface area contributed by atoms with E-state index in [9.17, 15) is 4.79 Å². The Hall–Kier alpha value is -2.69. The highest BCUT2D eigenvalue weighted by atomic mass is 16.5. The molecule has 2 unspecified atom stereocenters. The van der Waals surface area contributed by atoms with E-state index in [0.29, 0.717) is 6.61 Å². The molecule has 0 aliphatic carbocycles. The number of urea groups is 1. The summed E-state index contributed by atoms with van der Waals surface area (Å²) < 4.78 is 5.73. The summed E-state index contributed by atoms with van der Waals surface area (Å²) in [5.41, 5.74) is 4.56. The number of aryl methyl sites for hydroxylation is 1. The lowest BCUT2D eigenvalue weighted by atomic mass is 9.94. The molecule has 2 aliphatic rings. The van der Waals surface area contributed by atoms with Gasteiger partial charge in [0.15, 0.2) is 0 Å². The Balaban J connectivity index is 1.40. The first-order chi connectivity index (χ1) is 12.6. The van der Waals surface area contributed by atoms with Gasteiger partial charge in [-0.2, -0.15) is 0 Å². The van der Waals surface area contributed by atoms with Crippen LogP contribution in [-0.4, -0.2) is 32.3 Å². The molecule has 0 fully saturated rings. The molecule has 2 amide bonds. The zero-order valence-electron chi connectivity index (χ0n) is 15.3. The minimum atomic E-state index is -0.175. The molecule has 5 nitrogen and oxygen atoms in total. The average molecular weight is 351 g/mol. The molecule has 0 bridgehead atoms. The van der Waals surface area contributed by atoms with E-state index in [1.807, 2.05) is 31.2 Å². The van der Waals surface area contributed by atoms with Crippen molar-refractivity contribution in [1.29, 1.82) is 0 Å². The van der Waals surface area contributed by atoms with Crippen molar-refractivity contribution in [3.63, 3.8) is 0 Å². The highest BCUT2D eigenvalue weighted by Crippen LogP contribution is 2.35. The highest BCUT2D eigenvalue weighted by molar-refractivity contribution is 5.90. The van der Waals surface area contributed by atoms with Gasteiger partial charge >= 0.3 is 6.03 Å². The fourth-order valence-corrected chi connectivity index (χ4v) is 3.94. The van der Waals surface area contributed by atoms with Crippen LogP contribution in [0.1, 0.15) is 30.4 Å². The summed E-state index contributed by atoms with van der Waals surface area (Å²) >= 11 is 0. The molecule has 0 spiro atoms. The Morgan fingerprint density at radius 1 is 1.27 bits per heavy atom. The number of amides is 2. The lowest BCUT2D eigenvalue weighted by Gasteiger charge is -2.28. The Morgan fingerprint density at radius 3 is 3.00 bits per heavy atom. The van der Waals surface area contributed by atoms with Crippen LogP contribution < -0.4 is 20.3 Å². The number of rotatable bonds is 3. The molecular formula is C21H25N3O2. The quantitative estimate of drug-likeness (QED) is 0.885. The van der Waals surface area contributed by atoms with Gasteiger partial charge in [0.05, 0.1) is 6.61 Å². The molecule has 4 rings (SSSR count). The van der Waals surface area contributed by atoms with Crippen LogP contribution in [-0.2, 0) is 6.42 Å². The molecule has 5 heteroatoms. The topological polar surface area (TPSA) is 53.6 Å². The minimum Gasteiger partial charge on any atom is -0.493 e. The Morgan fingerprint density at radius 2 is 2.12 bits per heavy atom. The largest absolute Gasteiger partial charge is 0.493 e. The zero-order chi connectivity index (χ0) is 18.1. The second-order valence-electron chi connectivity index (χ2n) is 7.21. The normalized spacial score (nSPS) is 19.2. The molecule has 2 aromatic rings. The van der Waals surface area contributed by atoms with Gasteiger partial charge in [0.25, 0.3) is 0 Å². The average Bonchev–Trinajstić information content (AvgIpc) is 3.06. The number of hydrogen-bond acceptors (Lipinski definition) is 3. The van der Waals surface area contributed by atoms with Gasteiger partial charge in [0.2, 0.25) is 0 Å². The first kappa shape index (κ1) is 16.8. The van der Waals surface area contributed by atoms with Gasteiger partial charge in [-0.05, 0) is 49.6 Å². The number of benzene rings is 2. The van der Waals surface area contributed by atoms with Crippen molar-refractivity contribution < 1.29 is 9.53 Å². The SMILES string of the molecule is CC(NC(=O)Nc1ccc2c(c1)CCCN2C)C1COc2ccccc21. The standard InChI is InChI=1S/C21H25N3O2/c1-14(18-13-26-20-8-4-3-7-17(18)20)22-21(25)23-16-9-10-19-15(12-16)6-5-11-24(19)2/h3-4,7-10,12,14,18H,5-6,11,13H2,1-2H3,(H2,22,23,25). The first-order valence-electron chi connectivity index (χ1n) is 9.25. The molecule has 2 N–H and O–H groups in total. The molecule has 0 radical (unpaired) electrons. The van der Waals surface area contributed by atoms with Crippen LogP contribution >= 0.6 is 0 Å². The fourth-order valence-electron chi connectivity index (χ4n) is 3.94. The van der Waals surface area contributed by atoms with E-state index in [2.05, 4.69) is 40.8 Å². The maximum absolute atomic E-state index is 12.5. The van der Waals surface area contributed by atoms with E-state index in [1.54, 1.807) is 0 Å². The molecule has 26 heavy (non-hydrogen) atoms. The van der Waals surface area contributed by atoms with Crippen molar-refractivity contribution in [2.24, 2.45) is 0 Å². The summed E-state index contributed by atoms with van der Waals surface area (Å²) in [6.07, 6.45) is 2.21. The third-order valence-corrected chi connectivity index (χ3v) is 5.39. The summed E-state index contributed by atoms with van der Waals surface area (Å²) in [4.78, 5) is 14.7. The maximum Gasteiger partial charge on any atom is 0.319 e. The first-order valence-corrected chi connectivity index (χ1v) is 9.25. The predicted molar refractivity (Wildman–Crippen MR) is 104 cm³/mol. The van der Waals surface area contributed by atoms with Crippen molar-refractivity contribution in [2.45, 2.75) is 31.7 Å². The summed E-state index contributed by atoms with van der Waals surface area (Å²) in [7, 11) is 2.11. The lowest BCUT2D eigenvalue weighted by molar-refractivity contribution is 0.244. The number of carbonyl (C=O) groups is 1. The summed E-state index contributed by atoms with van der Waals surface area (Å²) in [5.74, 6) is 1.10. The second-order valence-corrected chi connectivity index (χ2v) is 7.21. The van der Waals surface area contributed by atoms with E-state index in [1.165, 1.54) is 11.3 Å². The van der Waals surface area contributed by atoms with E-state index in [0.717, 1.165) is 36.4 Å². The molecule has 0 aromatic heterocycles. The number of nitrogens with zero attached hydrogens (tertiary/aromatic N) is 1. The monoisotopic (exact) mass is 351 g/mol. The number of para-hydroxylation sites is 1. The van der Waals surface area contributed by atoms with Crippen LogP contribution in [0.5, 0.6) is 5.75 Å². The molecule has 0 saturated carbocycles. The van der Waals surface area contributed by atoms with Crippen LogP contribution in [0.2, 0.25) is 0 Å². The highest BCUT2D eigenvalue weighted by Gasteiger charge is 2.29. The number of fused-ring (bicyclic) bond motifs is 2. The third-order valence-electron chi connectivity index (χ3n) is 5.39. The minimum absolute atomic E-state index is 0.0117. The second kappa shape index (κ2) is 6.90. The fraction of sp³-hybridized carbons (Fsp3) is 0.381. The molecule has 2 aliphatic heterocycles. The molecule has 136 valence electrons. The van der Waals surface area contributed by atoms with Crippen LogP contribution in [0.25, 0.3) is 0 Å². The summed E-state index contributed by atoms with van der Waals surface area (Å²) in [6, 6.07) is 14.0. The van der Waals surface area contributed by atoms with Gasteiger partial charge in [-0.3, -0.25) is 0 Å². The van der Waals surface area contributed by atoms with Crippen LogP contribution in [0.15, 0.2) is 42.5 Å². The molecular weight excluding hydrogens is 326 g/mol. The van der Waals surface area contributed by atoms with Gasteiger partial charge in [-0.15, -0.1) is 0 Å². The maximum atomic E-state index is 12.5. The van der Waals surface area contributed by atoms with Crippen molar-refractivity contribution in [3.05, 3.63) is 53.6 Å². The number of hydrogen-bond donors (Lipinski definition) is 2. The lowest BCUT2D eigenvalue weighted by Crippen LogP contribution is -2.40. The summed E-state index contributed by atoms with van der Waals surface area (Å²) in [5, 5.41) is 6.04. The number of nitrogens with one attached hydrogen (secondary N) is 2. The van der Waals surface area contributed by atoms with Crippen molar-refractivity contribution in [3.8, 4) is 5.75 Å². The number of ether oxygens (including phenoxy) is 1. The number of anilines is 2. The van der Waals surface area contributed by atoms with E-state index < -0.39 is 0 Å². The predicted octanol–water partition coefficient (Wildman–Crippen LogP) is 3.76. The van der Waals surface area contributed by atoms with Gasteiger partial charge in [0.1, 0.15) is 5.75 Å². The Kier molecular flexibility index (Phi) is 4.45. The van der Waals surface area contributed by atoms with Crippen LogP contribution in [0.4, 0.5) is 16.2 Å². The zero-order valence-corrected chi connectivity index (χ0v) is 15.3. The van der Waals surface area contributed by atoms with Crippen molar-refractivity contribution in [2.75, 3.05) is 30.4 Å². The molecule has 2 heterocycles. The number of carbonyl (C=O) groups excluding carboxylic acids is 1. The van der Waals surface area contributed by atoms with E-state index >= 15 is 0 Å². The van der Waals surface area contributed by atoms with E-state index in [-0.39, 0.29) is 18.0 Å². The molecule has 2 atom stereocenters. The van der Waals surface area contributed by atoms with Crippen LogP contribution in [0, 0.1) is 0 Å². The Labute approximate surface area is 154 Å². The molecule has 2 aromatic carbocycles. The van der Waals surface area contributed by atoms with Crippen molar-refractivity contribution in [1.82, 2.24) is 5.32 Å². The van der Waals surface area contributed by atoms with Gasteiger partial charge in [-0.1, -0.05) is 18.2 Å². The summed E-state index contributed by atoms with van der Waals surface area (Å²) in [6.45, 7) is 3.71. The smallest absolute Gasteiger partial charge is 0.319 e. The van der Waals surface area contributed by atoms with E-state index in [4.69, 9.17) is 4.74 Å². The van der Waals surface area contributed by atoms with Gasteiger partial charge < -0.3 is 20.3 Å². The van der Waals surface area contributed by atoms with Gasteiger partial charge in [-0.25, -0.2) is 4.79 Å².